The Kier molecular flexibility index (Phi) is 3.30. The van der Waals surface area contributed by atoms with Gasteiger partial charge in [-0.2, -0.15) is 0 Å². The maximum Gasteiger partial charge on any atom is 0.250 e. The Balaban J connectivity index is 2.49. The summed E-state index contributed by atoms with van der Waals surface area (Å²) in [4.78, 5) is 0. The minimum atomic E-state index is -2.34. The molecule has 0 fully saturated rings. The number of halogens is 2. The third-order valence-electron chi connectivity index (χ3n) is 1.71. The second kappa shape index (κ2) is 4.27. The Morgan fingerprint density at radius 1 is 1.62 bits per heavy atom. The van der Waals surface area contributed by atoms with Crippen LogP contribution in [-0.2, 0) is 7.05 Å². The normalized spacial score (nSPS) is 13.6. The highest BCUT2D eigenvalue weighted by Crippen LogP contribution is 2.06. The van der Waals surface area contributed by atoms with Crippen LogP contribution in [0, 0.1) is 0 Å². The van der Waals surface area contributed by atoms with Gasteiger partial charge in [-0.15, -0.1) is 10.2 Å². The summed E-state index contributed by atoms with van der Waals surface area (Å²) >= 11 is 0. The predicted molar refractivity (Wildman–Crippen MR) is 43.4 cm³/mol. The lowest BCUT2D eigenvalue weighted by Gasteiger charge is -2.11. The molecule has 0 amide bonds. The predicted octanol–water partition coefficient (Wildman–Crippen LogP) is 0.731. The van der Waals surface area contributed by atoms with Crippen LogP contribution < -0.4 is 5.32 Å². The monoisotopic (exact) mass is 190 g/mol. The van der Waals surface area contributed by atoms with Gasteiger partial charge in [-0.05, 0) is 6.92 Å². The lowest BCUT2D eigenvalue weighted by atomic mass is 10.3. The number of rotatable bonds is 4. The molecule has 0 radical (unpaired) electrons. The Morgan fingerprint density at radius 2 is 2.31 bits per heavy atom. The molecule has 0 spiro atoms. The van der Waals surface area contributed by atoms with Gasteiger partial charge < -0.3 is 9.88 Å². The maximum atomic E-state index is 11.8. The van der Waals surface area contributed by atoms with Gasteiger partial charge in [0.15, 0.2) is 0 Å². The molecule has 1 atom stereocenters. The summed E-state index contributed by atoms with van der Waals surface area (Å²) < 4.78 is 25.4. The quantitative estimate of drug-likeness (QED) is 0.761. The number of aromatic nitrogens is 3. The van der Waals surface area contributed by atoms with Crippen LogP contribution in [0.1, 0.15) is 18.8 Å². The zero-order valence-electron chi connectivity index (χ0n) is 7.54. The van der Waals surface area contributed by atoms with E-state index in [1.807, 2.05) is 0 Å². The zero-order chi connectivity index (χ0) is 9.84. The molecule has 0 aliphatic carbocycles. The van der Waals surface area contributed by atoms with Gasteiger partial charge in [0.2, 0.25) is 0 Å². The molecule has 6 heteroatoms. The molecule has 4 nitrogen and oxygen atoms in total. The average Bonchev–Trinajstić information content (AvgIpc) is 2.47. The van der Waals surface area contributed by atoms with Gasteiger partial charge in [-0.1, -0.05) is 0 Å². The van der Waals surface area contributed by atoms with Gasteiger partial charge in [0, 0.05) is 7.05 Å². The molecule has 1 aromatic heterocycles. The third kappa shape index (κ3) is 2.73. The van der Waals surface area contributed by atoms with Crippen LogP contribution in [0.5, 0.6) is 0 Å². The van der Waals surface area contributed by atoms with E-state index in [0.717, 1.165) is 0 Å². The van der Waals surface area contributed by atoms with E-state index >= 15 is 0 Å². The van der Waals surface area contributed by atoms with Gasteiger partial charge in [0.25, 0.3) is 6.43 Å². The minimum absolute atomic E-state index is 0.207. The van der Waals surface area contributed by atoms with Crippen LogP contribution in [0.3, 0.4) is 0 Å². The van der Waals surface area contributed by atoms with Crippen molar-refractivity contribution in [1.82, 2.24) is 20.1 Å². The second-order valence-electron chi connectivity index (χ2n) is 2.82. The summed E-state index contributed by atoms with van der Waals surface area (Å²) in [6.45, 7) is 1.44. The van der Waals surface area contributed by atoms with Crippen LogP contribution >= 0.6 is 0 Å². The molecule has 1 rings (SSSR count). The molecule has 0 saturated carbocycles. The first-order chi connectivity index (χ1) is 6.11. The molecule has 0 aromatic carbocycles. The summed E-state index contributed by atoms with van der Waals surface area (Å²) in [7, 11) is 1.77. The molecule has 0 aliphatic heterocycles. The Labute approximate surface area is 75.0 Å². The Bertz CT molecular complexity index is 261. The van der Waals surface area contributed by atoms with Crippen molar-refractivity contribution in [3.63, 3.8) is 0 Å². The van der Waals surface area contributed by atoms with E-state index in [1.165, 1.54) is 6.33 Å². The zero-order valence-corrected chi connectivity index (χ0v) is 7.54. The van der Waals surface area contributed by atoms with Gasteiger partial charge in [0.05, 0.1) is 12.6 Å². The molecular weight excluding hydrogens is 178 g/mol. The van der Waals surface area contributed by atoms with Crippen LogP contribution in [-0.4, -0.2) is 27.7 Å². The Hall–Kier alpha value is -1.04. The first kappa shape index (κ1) is 10.0. The molecule has 1 heterocycles. The van der Waals surface area contributed by atoms with Crippen molar-refractivity contribution in [3.8, 4) is 0 Å². The summed E-state index contributed by atoms with van der Waals surface area (Å²) in [5.41, 5.74) is 0. The fourth-order valence-corrected chi connectivity index (χ4v) is 1.04. The second-order valence-corrected chi connectivity index (χ2v) is 2.82. The van der Waals surface area contributed by atoms with E-state index in [9.17, 15) is 8.78 Å². The van der Waals surface area contributed by atoms with Crippen molar-refractivity contribution in [3.05, 3.63) is 12.2 Å². The van der Waals surface area contributed by atoms with Gasteiger partial charge in [0.1, 0.15) is 12.2 Å². The lowest BCUT2D eigenvalue weighted by Crippen LogP contribution is -2.26. The highest BCUT2D eigenvalue weighted by Gasteiger charge is 2.12. The lowest BCUT2D eigenvalue weighted by molar-refractivity contribution is 0.141. The number of nitrogens with zero attached hydrogens (tertiary/aromatic N) is 3. The van der Waals surface area contributed by atoms with Crippen molar-refractivity contribution >= 4 is 0 Å². The van der Waals surface area contributed by atoms with Gasteiger partial charge in [-0.25, -0.2) is 8.78 Å². The van der Waals surface area contributed by atoms with Crippen molar-refractivity contribution in [1.29, 1.82) is 0 Å². The number of alkyl halides is 2. The number of hydrogen-bond donors (Lipinski definition) is 1. The molecule has 1 N–H and O–H groups in total. The molecule has 1 unspecified atom stereocenters. The topological polar surface area (TPSA) is 42.7 Å². The number of hydrogen-bond acceptors (Lipinski definition) is 3. The fraction of sp³-hybridized carbons (Fsp3) is 0.714. The average molecular weight is 190 g/mol. The first-order valence-corrected chi connectivity index (χ1v) is 3.96. The van der Waals surface area contributed by atoms with Crippen molar-refractivity contribution in [2.24, 2.45) is 7.05 Å². The van der Waals surface area contributed by atoms with Crippen LogP contribution in [0.4, 0.5) is 8.78 Å². The number of nitrogens with one attached hydrogen (secondary N) is 1. The van der Waals surface area contributed by atoms with Gasteiger partial charge >= 0.3 is 0 Å². The Morgan fingerprint density at radius 3 is 2.77 bits per heavy atom. The smallest absolute Gasteiger partial charge is 0.250 e. The van der Waals surface area contributed by atoms with Crippen LogP contribution in [0.2, 0.25) is 0 Å². The van der Waals surface area contributed by atoms with Crippen molar-refractivity contribution < 1.29 is 8.78 Å². The van der Waals surface area contributed by atoms with E-state index in [4.69, 9.17) is 0 Å². The molecule has 1 aromatic rings. The highest BCUT2D eigenvalue weighted by atomic mass is 19.3. The molecule has 0 aliphatic rings. The van der Waals surface area contributed by atoms with E-state index in [0.29, 0.717) is 5.82 Å². The molecule has 13 heavy (non-hydrogen) atoms. The molecule has 0 saturated heterocycles. The van der Waals surface area contributed by atoms with Crippen LogP contribution in [0.25, 0.3) is 0 Å². The SMILES string of the molecule is CC(NCC(F)F)c1nncn1C. The molecular formula is C7H12F2N4. The summed E-state index contributed by atoms with van der Waals surface area (Å²) in [5.74, 6) is 0.653. The van der Waals surface area contributed by atoms with Crippen LogP contribution in [0.15, 0.2) is 6.33 Å². The maximum absolute atomic E-state index is 11.8. The third-order valence-corrected chi connectivity index (χ3v) is 1.71. The fourth-order valence-electron chi connectivity index (χ4n) is 1.04. The molecule has 0 bridgehead atoms. The largest absolute Gasteiger partial charge is 0.319 e. The summed E-state index contributed by atoms with van der Waals surface area (Å²) in [6, 6.07) is -0.207. The van der Waals surface area contributed by atoms with E-state index in [1.54, 1.807) is 18.5 Å². The molecule has 74 valence electrons. The first-order valence-electron chi connectivity index (χ1n) is 3.96. The summed E-state index contributed by atoms with van der Waals surface area (Å²) in [5, 5.41) is 10.1. The van der Waals surface area contributed by atoms with Gasteiger partial charge in [-0.3, -0.25) is 0 Å². The van der Waals surface area contributed by atoms with Crippen molar-refractivity contribution in [2.75, 3.05) is 6.54 Å². The standard InChI is InChI=1S/C7H12F2N4/c1-5(10-3-6(8)9)7-12-11-4-13(7)2/h4-6,10H,3H2,1-2H3. The van der Waals surface area contributed by atoms with E-state index < -0.39 is 6.43 Å². The minimum Gasteiger partial charge on any atom is -0.319 e. The van der Waals surface area contributed by atoms with Crippen molar-refractivity contribution in [2.45, 2.75) is 19.4 Å². The highest BCUT2D eigenvalue weighted by molar-refractivity contribution is 4.91. The summed E-state index contributed by atoms with van der Waals surface area (Å²) in [6.07, 6.45) is -0.800. The number of aryl methyl sites for hydroxylation is 1. The van der Waals surface area contributed by atoms with E-state index in [-0.39, 0.29) is 12.6 Å². The van der Waals surface area contributed by atoms with E-state index in [2.05, 4.69) is 15.5 Å².